The minimum atomic E-state index is -0.855. The maximum atomic E-state index is 11.0. The van der Waals surface area contributed by atoms with Crippen molar-refractivity contribution >= 4 is 5.97 Å². The molecule has 0 spiro atoms. The molecule has 0 unspecified atom stereocenters. The van der Waals surface area contributed by atoms with Crippen LogP contribution in [0.4, 0.5) is 0 Å². The molecule has 0 bridgehead atoms. The summed E-state index contributed by atoms with van der Waals surface area (Å²) < 4.78 is 0. The first-order chi connectivity index (χ1) is 9.20. The van der Waals surface area contributed by atoms with Crippen LogP contribution in [0.15, 0.2) is 24.3 Å². The minimum Gasteiger partial charge on any atom is -0.478 e. The topological polar surface area (TPSA) is 52.6 Å². The molecule has 1 aliphatic rings. The molecular weight excluding hydrogens is 240 g/mol. The van der Waals surface area contributed by atoms with Crippen LogP contribution in [-0.4, -0.2) is 41.7 Å². The van der Waals surface area contributed by atoms with Gasteiger partial charge in [-0.1, -0.05) is 19.1 Å². The Labute approximate surface area is 114 Å². The van der Waals surface area contributed by atoms with Crippen molar-refractivity contribution in [1.29, 1.82) is 0 Å². The van der Waals surface area contributed by atoms with E-state index < -0.39 is 5.97 Å². The van der Waals surface area contributed by atoms with Gasteiger partial charge in [-0.25, -0.2) is 4.79 Å². The van der Waals surface area contributed by atoms with E-state index in [1.807, 2.05) is 12.1 Å². The van der Waals surface area contributed by atoms with Crippen molar-refractivity contribution in [2.45, 2.75) is 32.4 Å². The largest absolute Gasteiger partial charge is 0.478 e. The highest BCUT2D eigenvalue weighted by Crippen LogP contribution is 2.16. The summed E-state index contributed by atoms with van der Waals surface area (Å²) in [5, 5.41) is 12.4. The molecule has 1 aromatic carbocycles. The maximum Gasteiger partial charge on any atom is 0.335 e. The van der Waals surface area contributed by atoms with Crippen molar-refractivity contribution in [3.63, 3.8) is 0 Å². The number of rotatable bonds is 5. The molecule has 1 saturated heterocycles. The van der Waals surface area contributed by atoms with Gasteiger partial charge in [0, 0.05) is 12.6 Å². The first kappa shape index (κ1) is 14.0. The van der Waals surface area contributed by atoms with Crippen molar-refractivity contribution in [3.05, 3.63) is 35.4 Å². The van der Waals surface area contributed by atoms with E-state index in [0.29, 0.717) is 11.6 Å². The fourth-order valence-electron chi connectivity index (χ4n) is 2.71. The number of aromatic carboxylic acids is 1. The zero-order chi connectivity index (χ0) is 13.7. The van der Waals surface area contributed by atoms with Crippen LogP contribution in [0, 0.1) is 0 Å². The third kappa shape index (κ3) is 3.78. The summed E-state index contributed by atoms with van der Waals surface area (Å²) >= 11 is 0. The van der Waals surface area contributed by atoms with Gasteiger partial charge in [0.05, 0.1) is 5.56 Å². The fraction of sp³-hybridized carbons (Fsp3) is 0.533. The monoisotopic (exact) mass is 262 g/mol. The standard InChI is InChI=1S/C15H22N2O2/c1-2-17(14-6-8-16-9-7-14)11-12-4-3-5-13(10-12)15(18)19/h3-5,10,14,16H,2,6-9,11H2,1H3,(H,18,19). The second-order valence-corrected chi connectivity index (χ2v) is 5.05. The molecule has 2 N–H and O–H groups in total. The summed E-state index contributed by atoms with van der Waals surface area (Å²) in [6.45, 7) is 6.17. The lowest BCUT2D eigenvalue weighted by atomic mass is 10.0. The number of carbonyl (C=O) groups is 1. The Morgan fingerprint density at radius 3 is 2.79 bits per heavy atom. The van der Waals surface area contributed by atoms with Crippen LogP contribution in [0.1, 0.15) is 35.7 Å². The van der Waals surface area contributed by atoms with Crippen LogP contribution in [0.3, 0.4) is 0 Å². The van der Waals surface area contributed by atoms with Crippen molar-refractivity contribution in [2.24, 2.45) is 0 Å². The fourth-order valence-corrected chi connectivity index (χ4v) is 2.71. The van der Waals surface area contributed by atoms with E-state index in [9.17, 15) is 4.79 Å². The van der Waals surface area contributed by atoms with E-state index in [-0.39, 0.29) is 0 Å². The molecular formula is C15H22N2O2. The van der Waals surface area contributed by atoms with Crippen molar-refractivity contribution < 1.29 is 9.90 Å². The molecule has 1 aliphatic heterocycles. The number of benzene rings is 1. The van der Waals surface area contributed by atoms with E-state index in [1.165, 1.54) is 12.8 Å². The van der Waals surface area contributed by atoms with Crippen LogP contribution in [0.25, 0.3) is 0 Å². The molecule has 1 heterocycles. The highest BCUT2D eigenvalue weighted by Gasteiger charge is 2.19. The molecule has 0 aliphatic carbocycles. The van der Waals surface area contributed by atoms with Gasteiger partial charge in [-0.05, 0) is 50.2 Å². The number of nitrogens with one attached hydrogen (secondary N) is 1. The van der Waals surface area contributed by atoms with Crippen LogP contribution in [-0.2, 0) is 6.54 Å². The Balaban J connectivity index is 2.04. The number of carboxylic acids is 1. The third-order valence-electron chi connectivity index (χ3n) is 3.79. The molecule has 0 atom stereocenters. The Morgan fingerprint density at radius 1 is 1.42 bits per heavy atom. The zero-order valence-electron chi connectivity index (χ0n) is 11.4. The third-order valence-corrected chi connectivity index (χ3v) is 3.79. The van der Waals surface area contributed by atoms with E-state index in [2.05, 4.69) is 17.1 Å². The highest BCUT2D eigenvalue weighted by molar-refractivity contribution is 5.87. The Kier molecular flexibility index (Phi) is 4.93. The molecule has 0 aromatic heterocycles. The summed E-state index contributed by atoms with van der Waals surface area (Å²) in [5.74, 6) is -0.855. The van der Waals surface area contributed by atoms with Crippen LogP contribution < -0.4 is 5.32 Å². The molecule has 0 saturated carbocycles. The second-order valence-electron chi connectivity index (χ2n) is 5.05. The van der Waals surface area contributed by atoms with Gasteiger partial charge in [0.25, 0.3) is 0 Å². The SMILES string of the molecule is CCN(Cc1cccc(C(=O)O)c1)C1CCNCC1. The Morgan fingerprint density at radius 2 is 2.16 bits per heavy atom. The lowest BCUT2D eigenvalue weighted by Gasteiger charge is -2.34. The van der Waals surface area contributed by atoms with Gasteiger partial charge in [0.2, 0.25) is 0 Å². The molecule has 4 heteroatoms. The molecule has 4 nitrogen and oxygen atoms in total. The van der Waals surface area contributed by atoms with Gasteiger partial charge >= 0.3 is 5.97 Å². The summed E-state index contributed by atoms with van der Waals surface area (Å²) in [6, 6.07) is 7.88. The number of hydrogen-bond donors (Lipinski definition) is 2. The molecule has 19 heavy (non-hydrogen) atoms. The molecule has 104 valence electrons. The lowest BCUT2D eigenvalue weighted by molar-refractivity contribution is 0.0696. The van der Waals surface area contributed by atoms with Crippen LogP contribution >= 0.6 is 0 Å². The van der Waals surface area contributed by atoms with E-state index >= 15 is 0 Å². The maximum absolute atomic E-state index is 11.0. The molecule has 0 radical (unpaired) electrons. The summed E-state index contributed by atoms with van der Waals surface area (Å²) in [5.41, 5.74) is 1.46. The minimum absolute atomic E-state index is 0.374. The predicted molar refractivity (Wildman–Crippen MR) is 75.4 cm³/mol. The number of piperidine rings is 1. The number of carboxylic acid groups (broad SMARTS) is 1. The van der Waals surface area contributed by atoms with Crippen molar-refractivity contribution in [3.8, 4) is 0 Å². The van der Waals surface area contributed by atoms with Gasteiger partial charge < -0.3 is 10.4 Å². The van der Waals surface area contributed by atoms with Crippen LogP contribution in [0.2, 0.25) is 0 Å². The van der Waals surface area contributed by atoms with Gasteiger partial charge in [-0.2, -0.15) is 0 Å². The van der Waals surface area contributed by atoms with Gasteiger partial charge in [-0.15, -0.1) is 0 Å². The van der Waals surface area contributed by atoms with Gasteiger partial charge in [0.1, 0.15) is 0 Å². The quantitative estimate of drug-likeness (QED) is 0.851. The first-order valence-corrected chi connectivity index (χ1v) is 6.97. The summed E-state index contributed by atoms with van der Waals surface area (Å²) in [7, 11) is 0. The second kappa shape index (κ2) is 6.68. The predicted octanol–water partition coefficient (Wildman–Crippen LogP) is 1.96. The van der Waals surface area contributed by atoms with Gasteiger partial charge in [0.15, 0.2) is 0 Å². The van der Waals surface area contributed by atoms with Crippen LogP contribution in [0.5, 0.6) is 0 Å². The average molecular weight is 262 g/mol. The lowest BCUT2D eigenvalue weighted by Crippen LogP contribution is -2.42. The zero-order valence-corrected chi connectivity index (χ0v) is 11.4. The van der Waals surface area contributed by atoms with E-state index in [4.69, 9.17) is 5.11 Å². The summed E-state index contributed by atoms with van der Waals surface area (Å²) in [6.07, 6.45) is 2.35. The highest BCUT2D eigenvalue weighted by atomic mass is 16.4. The summed E-state index contributed by atoms with van der Waals surface area (Å²) in [4.78, 5) is 13.4. The van der Waals surface area contributed by atoms with Crippen molar-refractivity contribution in [1.82, 2.24) is 10.2 Å². The Hall–Kier alpha value is -1.39. The normalized spacial score (nSPS) is 16.7. The number of nitrogens with zero attached hydrogens (tertiary/aromatic N) is 1. The first-order valence-electron chi connectivity index (χ1n) is 6.97. The molecule has 2 rings (SSSR count). The van der Waals surface area contributed by atoms with E-state index in [1.54, 1.807) is 12.1 Å². The molecule has 1 aromatic rings. The molecule has 0 amide bonds. The smallest absolute Gasteiger partial charge is 0.335 e. The Bertz CT molecular complexity index is 428. The van der Waals surface area contributed by atoms with E-state index in [0.717, 1.165) is 31.7 Å². The number of hydrogen-bond acceptors (Lipinski definition) is 3. The van der Waals surface area contributed by atoms with Crippen molar-refractivity contribution in [2.75, 3.05) is 19.6 Å². The average Bonchev–Trinajstić information content (AvgIpc) is 2.46. The molecule has 1 fully saturated rings. The van der Waals surface area contributed by atoms with Gasteiger partial charge in [-0.3, -0.25) is 4.90 Å².